The maximum atomic E-state index is 14.3. The number of benzene rings is 1. The summed E-state index contributed by atoms with van der Waals surface area (Å²) in [6.45, 7) is 18.6. The molecule has 1 aromatic carbocycles. The number of hydrogen-bond acceptors (Lipinski definition) is 13. The van der Waals surface area contributed by atoms with Gasteiger partial charge in [0.2, 0.25) is 23.7 Å². The number of carbonyl (C=O) groups is 3. The zero-order valence-electron chi connectivity index (χ0n) is 39.4. The number of aliphatic hydroxyl groups excluding tert-OH is 1. The molecule has 4 aromatic heterocycles. The van der Waals surface area contributed by atoms with Crippen LogP contribution >= 0.6 is 11.3 Å². The van der Waals surface area contributed by atoms with Crippen molar-refractivity contribution in [3.63, 3.8) is 0 Å². The predicted octanol–water partition coefficient (Wildman–Crippen LogP) is 4.85. The lowest BCUT2D eigenvalue weighted by Gasteiger charge is -2.46. The zero-order valence-corrected chi connectivity index (χ0v) is 40.2. The molecule has 0 radical (unpaired) electrons. The monoisotopic (exact) mass is 933 g/mol. The van der Waals surface area contributed by atoms with Crippen LogP contribution in [0.1, 0.15) is 96.6 Å². The molecule has 4 atom stereocenters. The molecule has 0 spiro atoms. The van der Waals surface area contributed by atoms with Crippen molar-refractivity contribution in [2.75, 3.05) is 25.0 Å². The molecule has 0 unspecified atom stereocenters. The Morgan fingerprint density at radius 3 is 2.33 bits per heavy atom. The van der Waals surface area contributed by atoms with Gasteiger partial charge in [-0.05, 0) is 82.1 Å². The standard InChI is InChI=1S/C49H63N11O6S/c1-9-19-59-45(64)36-25-50-47(56-42(36)60(59)39-12-10-11-38(54-39)49(7,8)66)53-33-17-20-57(21-18-33)34-22-32(23-34)43(62)55-41(48(4,5)6)46(65)58-26-35(61)24-37(58)44(63)52-28(2)30-13-15-31(16-14-30)40-29(3)51-27-67-40/h9-16,25,27-28,32-35,37,41,61,66H,1,17-24,26H2,2-8H3,(H,52,63)(H,55,62)(H,50,53,56)/t28-,32?,34?,35+,37-,41+/m1/s1. The maximum absolute atomic E-state index is 14.3. The van der Waals surface area contributed by atoms with Crippen molar-refractivity contribution in [2.24, 2.45) is 11.3 Å². The van der Waals surface area contributed by atoms with Crippen LogP contribution in [0.3, 0.4) is 0 Å². The molecule has 3 aliphatic rings. The molecule has 2 aliphatic heterocycles. The van der Waals surface area contributed by atoms with Crippen LogP contribution in [0.2, 0.25) is 0 Å². The van der Waals surface area contributed by atoms with Gasteiger partial charge in [-0.3, -0.25) is 19.2 Å². The molecule has 18 heteroatoms. The predicted molar refractivity (Wildman–Crippen MR) is 257 cm³/mol. The number of nitrogens with one attached hydrogen (secondary N) is 3. The van der Waals surface area contributed by atoms with Crippen molar-refractivity contribution in [3.05, 3.63) is 94.1 Å². The van der Waals surface area contributed by atoms with Gasteiger partial charge in [-0.15, -0.1) is 17.9 Å². The number of hydrogen-bond donors (Lipinski definition) is 5. The van der Waals surface area contributed by atoms with Gasteiger partial charge < -0.3 is 36.0 Å². The van der Waals surface area contributed by atoms with E-state index in [1.54, 1.807) is 54.1 Å². The first kappa shape index (κ1) is 47.7. The lowest BCUT2D eigenvalue weighted by molar-refractivity contribution is -0.145. The van der Waals surface area contributed by atoms with Gasteiger partial charge in [0, 0.05) is 50.3 Å². The zero-order chi connectivity index (χ0) is 47.9. The molecule has 5 aromatic rings. The second-order valence-electron chi connectivity index (χ2n) is 20.0. The van der Waals surface area contributed by atoms with Gasteiger partial charge in [-0.1, -0.05) is 57.2 Å². The van der Waals surface area contributed by atoms with Gasteiger partial charge in [0.1, 0.15) is 23.1 Å². The van der Waals surface area contributed by atoms with Crippen LogP contribution in [0.5, 0.6) is 0 Å². The number of likely N-dealkylation sites (tertiary alicyclic amines) is 2. The second-order valence-corrected chi connectivity index (χ2v) is 20.8. The molecular formula is C49H63N11O6S. The Kier molecular flexibility index (Phi) is 13.6. The molecule has 17 nitrogen and oxygen atoms in total. The smallest absolute Gasteiger partial charge is 0.278 e. The first-order chi connectivity index (χ1) is 31.8. The number of anilines is 1. The average molecular weight is 934 g/mol. The SMILES string of the molecule is C=CCn1c(=O)c2cnc(NC3CCN(C4CC(C(=O)N[C@@H](C(=O)N5C[C@@H](O)C[C@@H]5C(=O)N[C@H](C)c5ccc(-c6scnc6C)cc5)C(C)(C)C)C4)CC3)nc2n1-c1cccc(C(C)(C)O)n1. The maximum Gasteiger partial charge on any atom is 0.278 e. The average Bonchev–Trinajstić information content (AvgIpc) is 3.96. The highest BCUT2D eigenvalue weighted by Crippen LogP contribution is 2.36. The van der Waals surface area contributed by atoms with E-state index in [-0.39, 0.29) is 66.8 Å². The number of rotatable bonds is 14. The summed E-state index contributed by atoms with van der Waals surface area (Å²) >= 11 is 1.58. The molecular weight excluding hydrogens is 871 g/mol. The van der Waals surface area contributed by atoms with E-state index in [4.69, 9.17) is 4.98 Å². The van der Waals surface area contributed by atoms with Gasteiger partial charge in [0.15, 0.2) is 11.5 Å². The van der Waals surface area contributed by atoms with Gasteiger partial charge in [-0.2, -0.15) is 4.98 Å². The van der Waals surface area contributed by atoms with Crippen LogP contribution in [0.25, 0.3) is 27.3 Å². The van der Waals surface area contributed by atoms with Crippen LogP contribution in [0, 0.1) is 18.3 Å². The van der Waals surface area contributed by atoms with Crippen molar-refractivity contribution in [3.8, 4) is 16.3 Å². The second kappa shape index (κ2) is 19.1. The van der Waals surface area contributed by atoms with E-state index >= 15 is 0 Å². The first-order valence-electron chi connectivity index (χ1n) is 23.2. The molecule has 5 N–H and O–H groups in total. The largest absolute Gasteiger partial charge is 0.391 e. The van der Waals surface area contributed by atoms with Crippen LogP contribution in [0.4, 0.5) is 5.95 Å². The summed E-state index contributed by atoms with van der Waals surface area (Å²) in [6.07, 6.45) is 5.41. The number of β-amino-alcohol motifs (C(OH)–C–C–N with tert-alkyl or cyclic N) is 1. The third kappa shape index (κ3) is 10.1. The quantitative estimate of drug-likeness (QED) is 0.0947. The third-order valence-electron chi connectivity index (χ3n) is 13.5. The van der Waals surface area contributed by atoms with Gasteiger partial charge >= 0.3 is 0 Å². The van der Waals surface area contributed by atoms with Crippen molar-refractivity contribution in [1.82, 2.24) is 49.7 Å². The number of pyridine rings is 1. The summed E-state index contributed by atoms with van der Waals surface area (Å²) < 4.78 is 3.15. The van der Waals surface area contributed by atoms with Crippen LogP contribution in [-0.2, 0) is 26.5 Å². The number of aliphatic hydroxyl groups is 2. The molecule has 67 heavy (non-hydrogen) atoms. The molecule has 6 heterocycles. The highest BCUT2D eigenvalue weighted by atomic mass is 32.1. The molecule has 2 saturated heterocycles. The van der Waals surface area contributed by atoms with Gasteiger partial charge in [0.25, 0.3) is 5.56 Å². The van der Waals surface area contributed by atoms with E-state index in [1.807, 2.05) is 64.4 Å². The number of aryl methyl sites for hydroxylation is 1. The third-order valence-corrected chi connectivity index (χ3v) is 14.4. The Bertz CT molecular complexity index is 2690. The summed E-state index contributed by atoms with van der Waals surface area (Å²) in [4.78, 5) is 78.7. The minimum atomic E-state index is -1.19. The van der Waals surface area contributed by atoms with E-state index < -0.39 is 29.2 Å². The van der Waals surface area contributed by atoms with Crippen molar-refractivity contribution >= 4 is 46.0 Å². The molecule has 3 amide bonds. The molecule has 1 aliphatic carbocycles. The number of nitrogens with zero attached hydrogens (tertiary/aromatic N) is 8. The van der Waals surface area contributed by atoms with Crippen LogP contribution < -0.4 is 21.5 Å². The van der Waals surface area contributed by atoms with Crippen molar-refractivity contribution in [1.29, 1.82) is 0 Å². The summed E-state index contributed by atoms with van der Waals surface area (Å²) in [6, 6.07) is 11.5. The number of amides is 3. The van der Waals surface area contributed by atoms with Crippen molar-refractivity contribution < 1.29 is 24.6 Å². The number of aromatic nitrogens is 6. The topological polar surface area (TPSA) is 213 Å². The summed E-state index contributed by atoms with van der Waals surface area (Å²) in [5.41, 5.74) is 3.48. The highest BCUT2D eigenvalue weighted by Gasteiger charge is 2.47. The first-order valence-corrected chi connectivity index (χ1v) is 24.1. The normalized spacial score (nSPS) is 21.4. The highest BCUT2D eigenvalue weighted by molar-refractivity contribution is 7.13. The lowest BCUT2D eigenvalue weighted by Crippen LogP contribution is -2.60. The Labute approximate surface area is 394 Å². The van der Waals surface area contributed by atoms with Crippen LogP contribution in [-0.4, -0.2) is 117 Å². The molecule has 8 rings (SSSR count). The molecule has 3 fully saturated rings. The number of piperidine rings is 1. The van der Waals surface area contributed by atoms with E-state index in [0.29, 0.717) is 41.3 Å². The Morgan fingerprint density at radius 2 is 1.69 bits per heavy atom. The van der Waals surface area contributed by atoms with Gasteiger partial charge in [0.05, 0.1) is 40.5 Å². The van der Waals surface area contributed by atoms with Crippen molar-refractivity contribution in [2.45, 2.75) is 129 Å². The number of allylic oxidation sites excluding steroid dienone is 1. The minimum Gasteiger partial charge on any atom is -0.391 e. The van der Waals surface area contributed by atoms with Gasteiger partial charge in [-0.25, -0.2) is 24.3 Å². The summed E-state index contributed by atoms with van der Waals surface area (Å²) in [5.74, 6) is -0.322. The Hall–Kier alpha value is -5.82. The minimum absolute atomic E-state index is 0.00792. The Balaban J connectivity index is 0.851. The number of fused-ring (bicyclic) bond motifs is 1. The molecule has 356 valence electrons. The van der Waals surface area contributed by atoms with E-state index in [2.05, 4.69) is 42.4 Å². The fourth-order valence-electron chi connectivity index (χ4n) is 9.47. The summed E-state index contributed by atoms with van der Waals surface area (Å²) in [5, 5.41) is 31.3. The van der Waals surface area contributed by atoms with E-state index in [0.717, 1.165) is 47.6 Å². The Morgan fingerprint density at radius 1 is 0.970 bits per heavy atom. The molecule has 1 saturated carbocycles. The molecule has 0 bridgehead atoms. The number of thiazole rings is 1. The van der Waals surface area contributed by atoms with E-state index in [1.165, 1.54) is 15.8 Å². The van der Waals surface area contributed by atoms with E-state index in [9.17, 15) is 29.4 Å². The fourth-order valence-corrected chi connectivity index (χ4v) is 10.3. The fraction of sp³-hybridized carbons (Fsp3) is 0.510. The number of carbonyl (C=O) groups excluding carboxylic acids is 3. The lowest BCUT2D eigenvalue weighted by atomic mass is 9.77. The summed E-state index contributed by atoms with van der Waals surface area (Å²) in [7, 11) is 0. The van der Waals surface area contributed by atoms with Crippen LogP contribution in [0.15, 0.2) is 71.6 Å².